The van der Waals surface area contributed by atoms with E-state index in [2.05, 4.69) is 25.6 Å². The molecule has 0 radical (unpaired) electrons. The molecule has 12 heteroatoms. The molecule has 0 aromatic heterocycles. The van der Waals surface area contributed by atoms with Crippen LogP contribution in [-0.4, -0.2) is 43.6 Å². The summed E-state index contributed by atoms with van der Waals surface area (Å²) in [5, 5.41) is 0. The number of thioether (sulfide) groups is 1. The van der Waals surface area contributed by atoms with Crippen molar-refractivity contribution in [3.63, 3.8) is 0 Å². The molecule has 0 atom stereocenters. The van der Waals surface area contributed by atoms with Crippen LogP contribution in [-0.2, 0) is 14.8 Å². The van der Waals surface area contributed by atoms with Gasteiger partial charge in [-0.05, 0) is 44.5 Å². The molecule has 7 nitrogen and oxygen atoms in total. The molecule has 168 valence electrons. The van der Waals surface area contributed by atoms with Crippen molar-refractivity contribution in [1.82, 2.24) is 9.55 Å². The number of nitrogens with zero attached hydrogens (tertiary/aromatic N) is 2. The normalized spacial score (nSPS) is 11.9. The number of fused-ring (bicyclic) bond motifs is 1. The van der Waals surface area contributed by atoms with Gasteiger partial charge in [-0.25, -0.2) is 13.2 Å². The average molecular weight is 550 g/mol. The molecule has 3 rings (SSSR count). The maximum absolute atomic E-state index is 12.9. The second-order valence-electron chi connectivity index (χ2n) is 6.52. The Bertz CT molecular complexity index is 1180. The van der Waals surface area contributed by atoms with E-state index < -0.39 is 22.4 Å². The first kappa shape index (κ1) is 24.2. The molecule has 0 amide bonds. The highest BCUT2D eigenvalue weighted by atomic mass is 79.9. The minimum Gasteiger partial charge on any atom is -0.380 e. The number of sulfonamides is 1. The van der Waals surface area contributed by atoms with Crippen LogP contribution < -0.4 is 10.4 Å². The highest BCUT2D eigenvalue weighted by Gasteiger charge is 2.26. The molecule has 2 aliphatic rings. The SMILES string of the molecule is Cc1sc(SCCOCCCF)c2c(NS(=O)(=O)c3ccc(Br)cc3)nc(=O)n-2c1C. The zero-order valence-corrected chi connectivity index (χ0v) is 20.9. The van der Waals surface area contributed by atoms with Gasteiger partial charge in [0.2, 0.25) is 0 Å². The van der Waals surface area contributed by atoms with Crippen LogP contribution in [0.5, 0.6) is 0 Å². The number of imidazole rings is 1. The summed E-state index contributed by atoms with van der Waals surface area (Å²) in [6, 6.07) is 6.17. The number of aromatic nitrogens is 2. The average Bonchev–Trinajstić information content (AvgIpc) is 3.04. The monoisotopic (exact) mass is 549 g/mol. The van der Waals surface area contributed by atoms with Crippen molar-refractivity contribution in [3.8, 4) is 5.69 Å². The van der Waals surface area contributed by atoms with Crippen LogP contribution in [0.3, 0.4) is 0 Å². The highest BCUT2D eigenvalue weighted by molar-refractivity contribution is 9.10. The van der Waals surface area contributed by atoms with E-state index in [-0.39, 0.29) is 10.7 Å². The lowest BCUT2D eigenvalue weighted by atomic mass is 10.4. The number of anilines is 1. The van der Waals surface area contributed by atoms with E-state index in [4.69, 9.17) is 4.74 Å². The molecule has 0 unspecified atom stereocenters. The largest absolute Gasteiger partial charge is 0.380 e. The second-order valence-corrected chi connectivity index (χ2v) is 11.7. The molecule has 0 fully saturated rings. The van der Waals surface area contributed by atoms with E-state index >= 15 is 0 Å². The smallest absolute Gasteiger partial charge is 0.354 e. The molecule has 0 aliphatic carbocycles. The first-order valence-electron chi connectivity index (χ1n) is 9.32. The zero-order chi connectivity index (χ0) is 22.6. The Kier molecular flexibility index (Phi) is 8.14. The lowest BCUT2D eigenvalue weighted by Crippen LogP contribution is -2.17. The standard InChI is InChI=1S/C19H21BrFN3O4S3/c1-12-13(2)30-18(29-11-10-28-9-3-8-21)16-17(22-19(25)24(12)16)23-31(26,27)15-6-4-14(20)5-7-15/h4-7H,3,8-11H2,1-2H3,(H,22,23,25). The second kappa shape index (κ2) is 10.4. The molecule has 0 bridgehead atoms. The van der Waals surface area contributed by atoms with Crippen molar-refractivity contribution in [2.24, 2.45) is 0 Å². The lowest BCUT2D eigenvalue weighted by Gasteiger charge is -2.16. The van der Waals surface area contributed by atoms with Crippen molar-refractivity contribution in [2.75, 3.05) is 30.4 Å². The first-order chi connectivity index (χ1) is 14.7. The van der Waals surface area contributed by atoms with Gasteiger partial charge in [0.05, 0.1) is 22.4 Å². The molecule has 2 aliphatic heterocycles. The molecule has 31 heavy (non-hydrogen) atoms. The van der Waals surface area contributed by atoms with E-state index in [1.807, 2.05) is 6.92 Å². The number of aryl methyl sites for hydroxylation is 1. The van der Waals surface area contributed by atoms with Gasteiger partial charge in [-0.1, -0.05) is 15.9 Å². The number of halogens is 2. The number of rotatable bonds is 10. The van der Waals surface area contributed by atoms with Gasteiger partial charge in [-0.2, -0.15) is 4.98 Å². The van der Waals surface area contributed by atoms with Gasteiger partial charge in [0.25, 0.3) is 10.0 Å². The number of hydrogen-bond donors (Lipinski definition) is 1. The van der Waals surface area contributed by atoms with Crippen LogP contribution in [0.1, 0.15) is 17.0 Å². The highest BCUT2D eigenvalue weighted by Crippen LogP contribution is 2.38. The Morgan fingerprint density at radius 1 is 1.26 bits per heavy atom. The first-order valence-corrected chi connectivity index (χ1v) is 13.4. The van der Waals surface area contributed by atoms with Gasteiger partial charge in [-0.3, -0.25) is 13.7 Å². The minimum absolute atomic E-state index is 0.00637. The Balaban J connectivity index is 1.93. The van der Waals surface area contributed by atoms with Crippen LogP contribution in [0.25, 0.3) is 5.69 Å². The summed E-state index contributed by atoms with van der Waals surface area (Å²) in [6.45, 7) is 4.03. The maximum Gasteiger partial charge on any atom is 0.354 e. The van der Waals surface area contributed by atoms with Crippen LogP contribution in [0, 0.1) is 13.8 Å². The molecule has 1 N–H and O–H groups in total. The fraction of sp³-hybridized carbons (Fsp3) is 0.368. The number of benzene rings is 1. The summed E-state index contributed by atoms with van der Waals surface area (Å²) < 4.78 is 48.7. The van der Waals surface area contributed by atoms with Gasteiger partial charge in [-0.15, -0.1) is 23.1 Å². The Hall–Kier alpha value is -1.47. The van der Waals surface area contributed by atoms with E-state index in [0.29, 0.717) is 36.8 Å². The predicted octanol–water partition coefficient (Wildman–Crippen LogP) is 4.38. The van der Waals surface area contributed by atoms with Gasteiger partial charge >= 0.3 is 5.69 Å². The summed E-state index contributed by atoms with van der Waals surface area (Å²) in [6.07, 6.45) is 0.353. The predicted molar refractivity (Wildman–Crippen MR) is 125 cm³/mol. The molecule has 0 saturated carbocycles. The summed E-state index contributed by atoms with van der Waals surface area (Å²) in [5.41, 5.74) is 0.584. The minimum atomic E-state index is -3.93. The van der Waals surface area contributed by atoms with E-state index in [0.717, 1.165) is 13.6 Å². The van der Waals surface area contributed by atoms with E-state index in [1.165, 1.54) is 39.8 Å². The van der Waals surface area contributed by atoms with Crippen LogP contribution in [0.4, 0.5) is 10.2 Å². The van der Waals surface area contributed by atoms with Gasteiger partial charge in [0.1, 0.15) is 5.69 Å². The van der Waals surface area contributed by atoms with Crippen molar-refractivity contribution in [3.05, 3.63) is 49.8 Å². The molecule has 1 aromatic rings. The van der Waals surface area contributed by atoms with Crippen molar-refractivity contribution >= 4 is 54.9 Å². The third kappa shape index (κ3) is 5.67. The fourth-order valence-electron chi connectivity index (χ4n) is 2.74. The summed E-state index contributed by atoms with van der Waals surface area (Å²) in [7, 11) is -3.93. The lowest BCUT2D eigenvalue weighted by molar-refractivity contribution is 0.141. The number of alkyl halides is 1. The number of ether oxygens (including phenoxy) is 1. The molecule has 1 aromatic carbocycles. The third-order valence-corrected chi connectivity index (χ3v) is 8.66. The molecule has 2 heterocycles. The van der Waals surface area contributed by atoms with E-state index in [9.17, 15) is 17.6 Å². The molecular weight excluding hydrogens is 529 g/mol. The number of nitrogens with one attached hydrogen (secondary N) is 1. The van der Waals surface area contributed by atoms with Gasteiger partial charge < -0.3 is 4.74 Å². The van der Waals surface area contributed by atoms with Crippen LogP contribution >= 0.6 is 39.0 Å². The fourth-order valence-corrected chi connectivity index (χ4v) is 6.39. The molecule has 0 spiro atoms. The quantitative estimate of drug-likeness (QED) is 0.298. The Labute approximate surface area is 196 Å². The zero-order valence-electron chi connectivity index (χ0n) is 16.9. The summed E-state index contributed by atoms with van der Waals surface area (Å²) in [5.74, 6) is 0.562. The Morgan fingerprint density at radius 3 is 2.65 bits per heavy atom. The Morgan fingerprint density at radius 2 is 1.97 bits per heavy atom. The van der Waals surface area contributed by atoms with Gasteiger partial charge in [0, 0.05) is 27.4 Å². The van der Waals surface area contributed by atoms with E-state index in [1.54, 1.807) is 19.1 Å². The van der Waals surface area contributed by atoms with Crippen LogP contribution in [0.15, 0.2) is 42.6 Å². The summed E-state index contributed by atoms with van der Waals surface area (Å²) in [4.78, 5) is 17.5. The maximum atomic E-state index is 12.9. The van der Waals surface area contributed by atoms with Crippen molar-refractivity contribution < 1.29 is 17.5 Å². The summed E-state index contributed by atoms with van der Waals surface area (Å²) >= 11 is 6.18. The molecular formula is C19H21BrFN3O4S3. The van der Waals surface area contributed by atoms with Gasteiger partial charge in [0.15, 0.2) is 5.82 Å². The molecule has 0 saturated heterocycles. The van der Waals surface area contributed by atoms with Crippen molar-refractivity contribution in [1.29, 1.82) is 0 Å². The topological polar surface area (TPSA) is 90.3 Å². The van der Waals surface area contributed by atoms with Crippen molar-refractivity contribution in [2.45, 2.75) is 29.4 Å². The van der Waals surface area contributed by atoms with Crippen LogP contribution in [0.2, 0.25) is 0 Å². The number of hydrogen-bond acceptors (Lipinski definition) is 7. The third-order valence-electron chi connectivity index (χ3n) is 4.37.